The van der Waals surface area contributed by atoms with Gasteiger partial charge in [-0.15, -0.1) is 0 Å². The lowest BCUT2D eigenvalue weighted by molar-refractivity contribution is 0.122. The van der Waals surface area contributed by atoms with Gasteiger partial charge in [-0.3, -0.25) is 4.72 Å². The molecule has 0 saturated carbocycles. The molecule has 1 fully saturated rings. The first-order chi connectivity index (χ1) is 18.3. The minimum absolute atomic E-state index is 0.0791. The molecule has 3 N–H and O–H groups in total. The Hall–Kier alpha value is -3.83. The molecule has 0 amide bonds. The standard InChI is InChI=1S/C27H29FN6O3S/c1-3-13-38(35,36)33-22-6-4-5-20(24(22)28)19-14-17(2)25-21(15-19)27(34-9-11-37-12-10-34)32-26(31-25)18-7-8-23(29)30-16-18/h4-8,14-16,33H,3,9-13H2,1-2H3,(H2,29,30). The highest BCUT2D eigenvalue weighted by atomic mass is 32.2. The molecule has 3 heterocycles. The number of halogens is 1. The van der Waals surface area contributed by atoms with Crippen LogP contribution >= 0.6 is 0 Å². The summed E-state index contributed by atoms with van der Waals surface area (Å²) in [6.45, 7) is 6.11. The van der Waals surface area contributed by atoms with E-state index in [1.54, 1.807) is 31.3 Å². The summed E-state index contributed by atoms with van der Waals surface area (Å²) in [5, 5.41) is 0.769. The van der Waals surface area contributed by atoms with E-state index in [1.807, 2.05) is 25.1 Å². The number of morpholine rings is 1. The lowest BCUT2D eigenvalue weighted by Crippen LogP contribution is -2.37. The molecule has 11 heteroatoms. The number of nitrogen functional groups attached to an aromatic ring is 1. The molecule has 4 aromatic rings. The van der Waals surface area contributed by atoms with Crippen LogP contribution in [-0.2, 0) is 14.8 Å². The monoisotopic (exact) mass is 536 g/mol. The van der Waals surface area contributed by atoms with Gasteiger partial charge in [0.25, 0.3) is 0 Å². The van der Waals surface area contributed by atoms with E-state index in [9.17, 15) is 8.42 Å². The van der Waals surface area contributed by atoms with Crippen LogP contribution in [0.25, 0.3) is 33.4 Å². The highest BCUT2D eigenvalue weighted by Crippen LogP contribution is 2.36. The molecule has 1 saturated heterocycles. The molecule has 0 spiro atoms. The van der Waals surface area contributed by atoms with Crippen molar-refractivity contribution in [3.63, 3.8) is 0 Å². The van der Waals surface area contributed by atoms with E-state index in [-0.39, 0.29) is 17.0 Å². The summed E-state index contributed by atoms with van der Waals surface area (Å²) in [6, 6.07) is 12.0. The maximum absolute atomic E-state index is 15.6. The van der Waals surface area contributed by atoms with Crippen molar-refractivity contribution in [2.24, 2.45) is 0 Å². The molecule has 1 aliphatic heterocycles. The number of benzene rings is 2. The second-order valence-electron chi connectivity index (χ2n) is 9.22. The van der Waals surface area contributed by atoms with Gasteiger partial charge in [0.2, 0.25) is 10.0 Å². The fourth-order valence-corrected chi connectivity index (χ4v) is 5.68. The van der Waals surface area contributed by atoms with E-state index in [0.29, 0.717) is 49.9 Å². The zero-order valence-corrected chi connectivity index (χ0v) is 22.1. The van der Waals surface area contributed by atoms with Gasteiger partial charge in [0.15, 0.2) is 11.6 Å². The molecule has 1 aliphatic rings. The van der Waals surface area contributed by atoms with E-state index in [0.717, 1.165) is 27.8 Å². The number of pyridine rings is 1. The van der Waals surface area contributed by atoms with Gasteiger partial charge < -0.3 is 15.4 Å². The molecule has 198 valence electrons. The predicted octanol–water partition coefficient (Wildman–Crippen LogP) is 4.38. The van der Waals surface area contributed by atoms with E-state index in [4.69, 9.17) is 20.4 Å². The largest absolute Gasteiger partial charge is 0.384 e. The number of anilines is 3. The Kier molecular flexibility index (Phi) is 7.13. The molecule has 2 aromatic heterocycles. The topological polar surface area (TPSA) is 123 Å². The number of nitrogens with zero attached hydrogens (tertiary/aromatic N) is 4. The highest BCUT2D eigenvalue weighted by Gasteiger charge is 2.21. The van der Waals surface area contributed by atoms with Crippen molar-refractivity contribution < 1.29 is 17.5 Å². The smallest absolute Gasteiger partial charge is 0.232 e. The maximum atomic E-state index is 15.6. The highest BCUT2D eigenvalue weighted by molar-refractivity contribution is 7.92. The minimum atomic E-state index is -3.65. The van der Waals surface area contributed by atoms with Gasteiger partial charge in [-0.2, -0.15) is 0 Å². The fraction of sp³-hybridized carbons (Fsp3) is 0.296. The minimum Gasteiger partial charge on any atom is -0.384 e. The molecule has 9 nitrogen and oxygen atoms in total. The molecular formula is C27H29FN6O3S. The van der Waals surface area contributed by atoms with Crippen LogP contribution in [0.4, 0.5) is 21.7 Å². The first kappa shape index (κ1) is 25.8. The Morgan fingerprint density at radius 2 is 1.89 bits per heavy atom. The van der Waals surface area contributed by atoms with Gasteiger partial charge in [0.05, 0.1) is 30.2 Å². The molecule has 5 rings (SSSR count). The number of rotatable bonds is 7. The number of hydrogen-bond donors (Lipinski definition) is 2. The van der Waals surface area contributed by atoms with Crippen LogP contribution in [0.1, 0.15) is 18.9 Å². The number of nitrogens with two attached hydrogens (primary N) is 1. The number of fused-ring (bicyclic) bond motifs is 1. The lowest BCUT2D eigenvalue weighted by atomic mass is 9.99. The molecule has 2 aromatic carbocycles. The Balaban J connectivity index is 1.66. The van der Waals surface area contributed by atoms with Crippen LogP contribution in [-0.4, -0.2) is 55.4 Å². The molecule has 0 radical (unpaired) electrons. The quantitative estimate of drug-likeness (QED) is 0.357. The van der Waals surface area contributed by atoms with Gasteiger partial charge in [-0.25, -0.2) is 27.8 Å². The second kappa shape index (κ2) is 10.5. The third-order valence-corrected chi connectivity index (χ3v) is 7.85. The summed E-state index contributed by atoms with van der Waals surface area (Å²) in [4.78, 5) is 16.1. The van der Waals surface area contributed by atoms with Crippen molar-refractivity contribution >= 4 is 38.2 Å². The Morgan fingerprint density at radius 3 is 2.61 bits per heavy atom. The molecule has 0 aliphatic carbocycles. The summed E-state index contributed by atoms with van der Waals surface area (Å²) < 4.78 is 48.1. The van der Waals surface area contributed by atoms with Gasteiger partial charge in [0.1, 0.15) is 11.6 Å². The summed E-state index contributed by atoms with van der Waals surface area (Å²) in [7, 11) is -3.65. The van der Waals surface area contributed by atoms with Crippen LogP contribution < -0.4 is 15.4 Å². The molecule has 38 heavy (non-hydrogen) atoms. The summed E-state index contributed by atoms with van der Waals surface area (Å²) >= 11 is 0. The third kappa shape index (κ3) is 5.25. The Bertz CT molecular complexity index is 1590. The number of sulfonamides is 1. The zero-order chi connectivity index (χ0) is 26.9. The number of aromatic nitrogens is 3. The summed E-state index contributed by atoms with van der Waals surface area (Å²) in [5.41, 5.74) is 8.87. The number of hydrogen-bond acceptors (Lipinski definition) is 8. The number of aryl methyl sites for hydroxylation is 1. The number of nitrogens with one attached hydrogen (secondary N) is 1. The maximum Gasteiger partial charge on any atom is 0.232 e. The van der Waals surface area contributed by atoms with Crippen molar-refractivity contribution in [2.45, 2.75) is 20.3 Å². The normalized spacial score (nSPS) is 14.1. The average molecular weight is 537 g/mol. The zero-order valence-electron chi connectivity index (χ0n) is 21.2. The van der Waals surface area contributed by atoms with Gasteiger partial charge in [-0.05, 0) is 54.8 Å². The Morgan fingerprint density at radius 1 is 1.11 bits per heavy atom. The first-order valence-electron chi connectivity index (χ1n) is 12.4. The van der Waals surface area contributed by atoms with E-state index >= 15 is 4.39 Å². The summed E-state index contributed by atoms with van der Waals surface area (Å²) in [6.07, 6.45) is 2.07. The van der Waals surface area contributed by atoms with Crippen LogP contribution in [0, 0.1) is 12.7 Å². The fourth-order valence-electron chi connectivity index (χ4n) is 4.55. The van der Waals surface area contributed by atoms with E-state index in [1.165, 1.54) is 6.07 Å². The molecule has 0 unspecified atom stereocenters. The predicted molar refractivity (Wildman–Crippen MR) is 148 cm³/mol. The lowest BCUT2D eigenvalue weighted by Gasteiger charge is -2.29. The van der Waals surface area contributed by atoms with Crippen molar-refractivity contribution in [3.8, 4) is 22.5 Å². The molecular weight excluding hydrogens is 507 g/mol. The van der Waals surface area contributed by atoms with Crippen molar-refractivity contribution in [3.05, 3.63) is 60.0 Å². The van der Waals surface area contributed by atoms with E-state index < -0.39 is 15.8 Å². The van der Waals surface area contributed by atoms with Crippen LogP contribution in [0.15, 0.2) is 48.7 Å². The van der Waals surface area contributed by atoms with Crippen molar-refractivity contribution in [1.29, 1.82) is 0 Å². The van der Waals surface area contributed by atoms with Gasteiger partial charge in [0, 0.05) is 35.8 Å². The Labute approximate surface area is 220 Å². The van der Waals surface area contributed by atoms with Crippen LogP contribution in [0.5, 0.6) is 0 Å². The van der Waals surface area contributed by atoms with Crippen LogP contribution in [0.3, 0.4) is 0 Å². The van der Waals surface area contributed by atoms with Gasteiger partial charge >= 0.3 is 0 Å². The SMILES string of the molecule is CCCS(=O)(=O)Nc1cccc(-c2cc(C)c3nc(-c4ccc(N)nc4)nc(N4CCOCC4)c3c2)c1F. The van der Waals surface area contributed by atoms with Crippen molar-refractivity contribution in [2.75, 3.05) is 47.4 Å². The summed E-state index contributed by atoms with van der Waals surface area (Å²) in [5.74, 6) is 0.920. The average Bonchev–Trinajstić information content (AvgIpc) is 2.90. The van der Waals surface area contributed by atoms with Crippen molar-refractivity contribution in [1.82, 2.24) is 15.0 Å². The molecule has 0 atom stereocenters. The molecule has 0 bridgehead atoms. The van der Waals surface area contributed by atoms with Gasteiger partial charge in [-0.1, -0.05) is 19.1 Å². The number of ether oxygens (including phenoxy) is 1. The third-order valence-electron chi connectivity index (χ3n) is 6.37. The van der Waals surface area contributed by atoms with E-state index in [2.05, 4.69) is 14.6 Å². The first-order valence-corrected chi connectivity index (χ1v) is 14.1. The van der Waals surface area contributed by atoms with Crippen LogP contribution in [0.2, 0.25) is 0 Å². The second-order valence-corrected chi connectivity index (χ2v) is 11.1.